The minimum Gasteiger partial charge on any atom is -0.457 e. The first-order valence-electron chi connectivity index (χ1n) is 9.58. The van der Waals surface area contributed by atoms with E-state index in [9.17, 15) is 5.11 Å². The number of aryl methyl sites for hydroxylation is 1. The zero-order valence-electron chi connectivity index (χ0n) is 16.7. The molecule has 0 radical (unpaired) electrons. The van der Waals surface area contributed by atoms with Crippen molar-refractivity contribution in [2.45, 2.75) is 64.6 Å². The van der Waals surface area contributed by atoms with Crippen LogP contribution in [0.2, 0.25) is 0 Å². The largest absolute Gasteiger partial charge is 0.457 e. The summed E-state index contributed by atoms with van der Waals surface area (Å²) >= 11 is 0. The van der Waals surface area contributed by atoms with Crippen LogP contribution >= 0.6 is 12.4 Å². The molecule has 0 saturated heterocycles. The van der Waals surface area contributed by atoms with Crippen molar-refractivity contribution >= 4 is 12.4 Å². The molecule has 1 saturated carbocycles. The molecular formula is C23H32ClNO2. The summed E-state index contributed by atoms with van der Waals surface area (Å²) in [5.74, 6) is 2.24. The van der Waals surface area contributed by atoms with Gasteiger partial charge in [0.1, 0.15) is 11.5 Å². The number of hydrogen-bond donors (Lipinski definition) is 2. The summed E-state index contributed by atoms with van der Waals surface area (Å²) in [7, 11) is 0. The van der Waals surface area contributed by atoms with E-state index < -0.39 is 0 Å². The summed E-state index contributed by atoms with van der Waals surface area (Å²) < 4.78 is 5.90. The quantitative estimate of drug-likeness (QED) is 0.731. The Morgan fingerprint density at radius 1 is 0.963 bits per heavy atom. The first kappa shape index (κ1) is 21.7. The lowest BCUT2D eigenvalue weighted by atomic mass is 9.97. The van der Waals surface area contributed by atoms with Gasteiger partial charge in [-0.3, -0.25) is 0 Å². The highest BCUT2D eigenvalue weighted by atomic mass is 35.5. The highest BCUT2D eigenvalue weighted by molar-refractivity contribution is 5.85. The lowest BCUT2D eigenvalue weighted by Crippen LogP contribution is -2.47. The van der Waals surface area contributed by atoms with Crippen molar-refractivity contribution < 1.29 is 9.84 Å². The van der Waals surface area contributed by atoms with Crippen LogP contribution in [0.4, 0.5) is 0 Å². The van der Waals surface area contributed by atoms with E-state index in [1.54, 1.807) is 0 Å². The van der Waals surface area contributed by atoms with Crippen LogP contribution in [0.15, 0.2) is 48.5 Å². The van der Waals surface area contributed by atoms with Crippen LogP contribution in [-0.2, 0) is 6.42 Å². The average molecular weight is 390 g/mol. The SMILES string of the molecule is Cc1ccc(Oc2ccc(C[C@H]3C[C@@H](O)[C@H](NC(C)(C)C)C3)cc2)cc1.Cl. The van der Waals surface area contributed by atoms with Gasteiger partial charge in [-0.1, -0.05) is 29.8 Å². The predicted octanol–water partition coefficient (Wildman–Crippen LogP) is 5.28. The molecule has 0 heterocycles. The Morgan fingerprint density at radius 3 is 2.07 bits per heavy atom. The van der Waals surface area contributed by atoms with Crippen molar-refractivity contribution in [3.63, 3.8) is 0 Å². The second kappa shape index (κ2) is 9.09. The van der Waals surface area contributed by atoms with Crippen LogP contribution in [-0.4, -0.2) is 22.8 Å². The Bertz CT molecular complexity index is 707. The van der Waals surface area contributed by atoms with Crippen LogP contribution < -0.4 is 10.1 Å². The number of hydrogen-bond acceptors (Lipinski definition) is 3. The smallest absolute Gasteiger partial charge is 0.127 e. The van der Waals surface area contributed by atoms with Crippen molar-refractivity contribution in [1.82, 2.24) is 5.32 Å². The molecule has 0 bridgehead atoms. The lowest BCUT2D eigenvalue weighted by molar-refractivity contribution is 0.133. The summed E-state index contributed by atoms with van der Waals surface area (Å²) in [6.45, 7) is 8.53. The molecule has 3 nitrogen and oxygen atoms in total. The topological polar surface area (TPSA) is 41.5 Å². The van der Waals surface area contributed by atoms with Gasteiger partial charge in [0.25, 0.3) is 0 Å². The molecule has 0 amide bonds. The van der Waals surface area contributed by atoms with Crippen molar-refractivity contribution in [1.29, 1.82) is 0 Å². The van der Waals surface area contributed by atoms with Gasteiger partial charge in [0.05, 0.1) is 6.10 Å². The fraction of sp³-hybridized carbons (Fsp3) is 0.478. The Morgan fingerprint density at radius 2 is 1.52 bits per heavy atom. The molecule has 2 N–H and O–H groups in total. The van der Waals surface area contributed by atoms with E-state index in [2.05, 4.69) is 57.3 Å². The fourth-order valence-electron chi connectivity index (χ4n) is 3.77. The maximum absolute atomic E-state index is 10.3. The van der Waals surface area contributed by atoms with Gasteiger partial charge in [0, 0.05) is 11.6 Å². The monoisotopic (exact) mass is 389 g/mol. The van der Waals surface area contributed by atoms with E-state index in [1.165, 1.54) is 11.1 Å². The van der Waals surface area contributed by atoms with Gasteiger partial charge in [-0.05, 0) is 82.7 Å². The Kier molecular flexibility index (Phi) is 7.32. The molecule has 1 aliphatic rings. The number of aliphatic hydroxyl groups excluding tert-OH is 1. The molecule has 3 rings (SSSR count). The normalized spacial score (nSPS) is 22.3. The number of ether oxygens (including phenoxy) is 1. The maximum Gasteiger partial charge on any atom is 0.127 e. The second-order valence-electron chi connectivity index (χ2n) is 8.67. The predicted molar refractivity (Wildman–Crippen MR) is 114 cm³/mol. The molecule has 2 aromatic rings. The summed E-state index contributed by atoms with van der Waals surface area (Å²) in [5.41, 5.74) is 2.57. The van der Waals surface area contributed by atoms with Crippen molar-refractivity contribution in [2.24, 2.45) is 5.92 Å². The standard InChI is InChI=1S/C23H31NO2.ClH/c1-16-5-9-19(10-6-16)26-20-11-7-17(8-12-20)13-18-14-21(22(25)15-18)24-23(2,3)4;/h5-12,18,21-22,24-25H,13-15H2,1-4H3;1H/t18-,21-,22-;/m1./s1. The van der Waals surface area contributed by atoms with Crippen molar-refractivity contribution in [3.05, 3.63) is 59.7 Å². The highest BCUT2D eigenvalue weighted by Crippen LogP contribution is 2.31. The molecule has 0 aromatic heterocycles. The molecule has 4 heteroatoms. The fourth-order valence-corrected chi connectivity index (χ4v) is 3.77. The summed E-state index contributed by atoms with van der Waals surface area (Å²) in [6, 6.07) is 16.6. The third-order valence-corrected chi connectivity index (χ3v) is 4.95. The molecular weight excluding hydrogens is 358 g/mol. The van der Waals surface area contributed by atoms with Crippen LogP contribution in [0, 0.1) is 12.8 Å². The number of aliphatic hydroxyl groups is 1. The van der Waals surface area contributed by atoms with Gasteiger partial charge >= 0.3 is 0 Å². The Hall–Kier alpha value is -1.55. The zero-order valence-corrected chi connectivity index (χ0v) is 17.6. The zero-order chi connectivity index (χ0) is 18.7. The minimum absolute atomic E-state index is 0. The maximum atomic E-state index is 10.3. The van der Waals surface area contributed by atoms with Gasteiger partial charge in [-0.25, -0.2) is 0 Å². The second-order valence-corrected chi connectivity index (χ2v) is 8.67. The number of halogens is 1. The van der Waals surface area contributed by atoms with E-state index >= 15 is 0 Å². The molecule has 1 fully saturated rings. The Balaban J connectivity index is 0.00000261. The third kappa shape index (κ3) is 6.53. The molecule has 0 spiro atoms. The van der Waals surface area contributed by atoms with Crippen LogP contribution in [0.3, 0.4) is 0 Å². The molecule has 0 aliphatic heterocycles. The van der Waals surface area contributed by atoms with Crippen LogP contribution in [0.1, 0.15) is 44.7 Å². The third-order valence-electron chi connectivity index (χ3n) is 4.95. The van der Waals surface area contributed by atoms with Crippen LogP contribution in [0.5, 0.6) is 11.5 Å². The van der Waals surface area contributed by atoms with E-state index in [1.807, 2.05) is 24.3 Å². The molecule has 27 heavy (non-hydrogen) atoms. The van der Waals surface area contributed by atoms with Gasteiger partial charge in [0.2, 0.25) is 0 Å². The van der Waals surface area contributed by atoms with Gasteiger partial charge in [-0.2, -0.15) is 0 Å². The van der Waals surface area contributed by atoms with E-state index in [4.69, 9.17) is 4.74 Å². The van der Waals surface area contributed by atoms with Gasteiger partial charge < -0.3 is 15.2 Å². The van der Waals surface area contributed by atoms with Gasteiger partial charge in [-0.15, -0.1) is 12.4 Å². The first-order chi connectivity index (χ1) is 12.3. The number of rotatable bonds is 5. The first-order valence-corrected chi connectivity index (χ1v) is 9.58. The average Bonchev–Trinajstić information content (AvgIpc) is 2.89. The van der Waals surface area contributed by atoms with Gasteiger partial charge in [0.15, 0.2) is 0 Å². The van der Waals surface area contributed by atoms with E-state index in [0.717, 1.165) is 30.8 Å². The highest BCUT2D eigenvalue weighted by Gasteiger charge is 2.34. The van der Waals surface area contributed by atoms with Crippen molar-refractivity contribution in [3.8, 4) is 11.5 Å². The summed E-state index contributed by atoms with van der Waals surface area (Å²) in [5, 5.41) is 13.9. The van der Waals surface area contributed by atoms with E-state index in [-0.39, 0.29) is 30.1 Å². The lowest BCUT2D eigenvalue weighted by Gasteiger charge is -2.27. The minimum atomic E-state index is -0.247. The molecule has 3 atom stereocenters. The molecule has 148 valence electrons. The number of benzene rings is 2. The van der Waals surface area contributed by atoms with Crippen molar-refractivity contribution in [2.75, 3.05) is 0 Å². The Labute approximate surface area is 169 Å². The van der Waals surface area contributed by atoms with Crippen LogP contribution in [0.25, 0.3) is 0 Å². The molecule has 1 aliphatic carbocycles. The summed E-state index contributed by atoms with van der Waals surface area (Å²) in [6.07, 6.45) is 2.66. The van der Waals surface area contributed by atoms with E-state index in [0.29, 0.717) is 5.92 Å². The summed E-state index contributed by atoms with van der Waals surface area (Å²) in [4.78, 5) is 0. The number of nitrogens with one attached hydrogen (secondary N) is 1. The molecule has 0 unspecified atom stereocenters. The molecule has 2 aromatic carbocycles.